The number of carbonyl (C=O) groups is 1. The van der Waals surface area contributed by atoms with Gasteiger partial charge in [0.15, 0.2) is 11.5 Å². The van der Waals surface area contributed by atoms with Crippen LogP contribution >= 0.6 is 69.3 Å². The molecule has 6 aromatic rings. The standard InChI is InChI=1S/C46H43N3O5S6/c1-6-47-35-25-36(53-3)37(54-4)26-39(35)59-41(47)23-33(55-5)24-42-48(7-2)46(52)45(60-42)31-19-28(18-30(21-31)29-12-9-8-10-13-29)20-40-49(27-43(50)51)34-22-32(15-16-38(34)58-40)57-44-14-11-17-56-44/h8-17,19-20,22-26,30H,6-7,18,21,27H2,1-5H3/b40-20-,45-31-. The number of benzene rings is 3. The lowest BCUT2D eigenvalue weighted by atomic mass is 9.81. The summed E-state index contributed by atoms with van der Waals surface area (Å²) >= 11 is 9.80. The molecular weight excluding hydrogens is 867 g/mol. The van der Waals surface area contributed by atoms with Gasteiger partial charge < -0.3 is 24.3 Å². The van der Waals surface area contributed by atoms with E-state index in [4.69, 9.17) is 9.47 Å². The van der Waals surface area contributed by atoms with Gasteiger partial charge in [0.2, 0.25) is 5.52 Å². The quantitative estimate of drug-likeness (QED) is 0.106. The summed E-state index contributed by atoms with van der Waals surface area (Å²) in [5, 5.41) is 16.1. The molecule has 1 aliphatic carbocycles. The fraction of sp³-hybridized carbons (Fsp3) is 0.239. The number of aromatic nitrogens is 2. The molecule has 0 spiro atoms. The van der Waals surface area contributed by atoms with Crippen LogP contribution in [-0.4, -0.2) is 37.6 Å². The number of fused-ring (bicyclic) bond motifs is 2. The molecule has 0 saturated heterocycles. The Balaban J connectivity index is 1.22. The van der Waals surface area contributed by atoms with Crippen molar-refractivity contribution < 1.29 is 23.9 Å². The Hall–Kier alpha value is -4.44. The number of aliphatic carboxylic acids is 1. The maximum atomic E-state index is 14.4. The summed E-state index contributed by atoms with van der Waals surface area (Å²) in [5.41, 5.74) is 5.19. The van der Waals surface area contributed by atoms with Crippen molar-refractivity contribution in [2.45, 2.75) is 59.7 Å². The lowest BCUT2D eigenvalue weighted by molar-refractivity contribution is -0.665. The summed E-state index contributed by atoms with van der Waals surface area (Å²) in [4.78, 5) is 31.5. The fourth-order valence-corrected chi connectivity index (χ4v) is 13.5. The Labute approximate surface area is 373 Å². The zero-order valence-corrected chi connectivity index (χ0v) is 38.7. The van der Waals surface area contributed by atoms with E-state index in [1.165, 1.54) is 21.1 Å². The third-order valence-electron chi connectivity index (χ3n) is 10.4. The molecule has 8 nitrogen and oxygen atoms in total. The number of hydrogen-bond acceptors (Lipinski definition) is 12. The second-order valence-corrected chi connectivity index (χ2v) is 20.4. The zero-order valence-electron chi connectivity index (χ0n) is 33.8. The predicted octanol–water partition coefficient (Wildman–Crippen LogP) is 8.72. The minimum atomic E-state index is -1.14. The monoisotopic (exact) mass is 909 g/mol. The number of thiazole rings is 2. The van der Waals surface area contributed by atoms with Gasteiger partial charge in [0.1, 0.15) is 11.2 Å². The van der Waals surface area contributed by atoms with Gasteiger partial charge in [0.05, 0.1) is 56.9 Å². The number of carbonyl (C=O) groups excluding carboxylic acids is 1. The Morgan fingerprint density at radius 3 is 2.50 bits per heavy atom. The largest absolute Gasteiger partial charge is 0.548 e. The van der Waals surface area contributed by atoms with E-state index in [9.17, 15) is 14.7 Å². The first-order valence-corrected chi connectivity index (χ1v) is 24.8. The van der Waals surface area contributed by atoms with Crippen LogP contribution in [0.5, 0.6) is 11.5 Å². The average Bonchev–Trinajstić information content (AvgIpc) is 4.04. The highest BCUT2D eigenvalue weighted by Crippen LogP contribution is 2.49. The summed E-state index contributed by atoms with van der Waals surface area (Å²) in [7, 11) is 3.31. The molecule has 1 unspecified atom stereocenters. The van der Waals surface area contributed by atoms with Crippen LogP contribution in [0.25, 0.3) is 27.9 Å². The summed E-state index contributed by atoms with van der Waals surface area (Å²) in [6.07, 6.45) is 12.1. The lowest BCUT2D eigenvalue weighted by Crippen LogP contribution is -2.36. The van der Waals surface area contributed by atoms with Crippen LogP contribution in [0.4, 0.5) is 5.69 Å². The first kappa shape index (κ1) is 42.3. The molecule has 0 N–H and O–H groups in total. The van der Waals surface area contributed by atoms with E-state index >= 15 is 0 Å². The topological polar surface area (TPSA) is 87.7 Å². The van der Waals surface area contributed by atoms with Gasteiger partial charge in [0, 0.05) is 33.4 Å². The molecule has 60 heavy (non-hydrogen) atoms. The second kappa shape index (κ2) is 18.7. The number of aryl methyl sites for hydroxylation is 1. The highest BCUT2D eigenvalue weighted by Gasteiger charge is 2.28. The molecule has 1 aliphatic heterocycles. The van der Waals surface area contributed by atoms with Crippen LogP contribution < -0.4 is 38.8 Å². The molecule has 308 valence electrons. The highest BCUT2D eigenvalue weighted by molar-refractivity contribution is 8.04. The number of carboxylic acid groups (broad SMARTS) is 1. The summed E-state index contributed by atoms with van der Waals surface area (Å²) in [6, 6.07) is 24.9. The highest BCUT2D eigenvalue weighted by atomic mass is 32.2. The molecule has 0 fully saturated rings. The van der Waals surface area contributed by atoms with Gasteiger partial charge in [-0.1, -0.05) is 77.3 Å². The van der Waals surface area contributed by atoms with Gasteiger partial charge in [-0.05, 0) is 97.4 Å². The van der Waals surface area contributed by atoms with E-state index in [-0.39, 0.29) is 18.0 Å². The van der Waals surface area contributed by atoms with Gasteiger partial charge in [-0.2, -0.15) is 4.57 Å². The molecule has 4 heterocycles. The molecule has 3 aromatic carbocycles. The molecule has 14 heteroatoms. The molecular formula is C46H43N3O5S6. The van der Waals surface area contributed by atoms with Gasteiger partial charge in [-0.3, -0.25) is 9.36 Å². The molecule has 8 rings (SSSR count). The van der Waals surface area contributed by atoms with E-state index in [2.05, 4.69) is 96.0 Å². The van der Waals surface area contributed by atoms with Crippen LogP contribution in [0.1, 0.15) is 43.2 Å². The number of thioether (sulfide) groups is 2. The van der Waals surface area contributed by atoms with E-state index in [1.54, 1.807) is 72.2 Å². The summed E-state index contributed by atoms with van der Waals surface area (Å²) < 4.78 is 19.3. The Morgan fingerprint density at radius 2 is 1.80 bits per heavy atom. The van der Waals surface area contributed by atoms with Crippen molar-refractivity contribution in [2.75, 3.05) is 31.9 Å². The van der Waals surface area contributed by atoms with Crippen LogP contribution in [0.2, 0.25) is 0 Å². The van der Waals surface area contributed by atoms with E-state index < -0.39 is 5.97 Å². The number of ether oxygens (including phenoxy) is 2. The normalized spacial score (nSPS) is 17.4. The first-order chi connectivity index (χ1) is 29.2. The number of hydrogen-bond donors (Lipinski definition) is 0. The maximum Gasteiger partial charge on any atom is 0.269 e. The first-order valence-electron chi connectivity index (χ1n) is 19.5. The molecule has 0 radical (unpaired) electrons. The Kier molecular flexibility index (Phi) is 13.1. The smallest absolute Gasteiger partial charge is 0.269 e. The number of rotatable bonds is 13. The van der Waals surface area contributed by atoms with E-state index in [1.807, 2.05) is 40.7 Å². The van der Waals surface area contributed by atoms with Crippen LogP contribution in [0.3, 0.4) is 0 Å². The van der Waals surface area contributed by atoms with Crippen molar-refractivity contribution in [3.8, 4) is 11.5 Å². The number of nitrogens with zero attached hydrogens (tertiary/aromatic N) is 3. The van der Waals surface area contributed by atoms with Gasteiger partial charge >= 0.3 is 0 Å². The third kappa shape index (κ3) is 8.81. The minimum absolute atomic E-state index is 0.00263. The lowest BCUT2D eigenvalue weighted by Gasteiger charge is -2.25. The number of allylic oxidation sites excluding steroid dienone is 4. The Bertz CT molecular complexity index is 2850. The number of methoxy groups -OCH3 is 2. The van der Waals surface area contributed by atoms with Crippen molar-refractivity contribution in [1.29, 1.82) is 0 Å². The number of carboxylic acids is 1. The molecule has 0 amide bonds. The number of thiophene rings is 1. The summed E-state index contributed by atoms with van der Waals surface area (Å²) in [5.74, 6) is 0.383. The molecule has 1 atom stereocenters. The molecule has 0 saturated carbocycles. The number of anilines is 1. The SMILES string of the molecule is CCn1c(=O)/c(=C2C=C(/C=C3\Sc4ccc(Sc5cccs5)cc4N3CC(=O)[O-])CC(c3ccccc3)C\2)s/c1=C/C(=C\c1sc2cc(OC)c(OC)cc2[n+]1CC)SC. The fourth-order valence-electron chi connectivity index (χ4n) is 7.62. The van der Waals surface area contributed by atoms with E-state index in [0.29, 0.717) is 24.5 Å². The Morgan fingerprint density at radius 1 is 1.00 bits per heavy atom. The van der Waals surface area contributed by atoms with Gasteiger partial charge in [-0.15, -0.1) is 34.4 Å². The van der Waals surface area contributed by atoms with Crippen molar-refractivity contribution in [3.05, 3.63) is 136 Å². The maximum absolute atomic E-state index is 14.4. The minimum Gasteiger partial charge on any atom is -0.548 e. The van der Waals surface area contributed by atoms with Crippen LogP contribution in [0, 0.1) is 0 Å². The van der Waals surface area contributed by atoms with Crippen LogP contribution in [0.15, 0.2) is 125 Å². The third-order valence-corrected chi connectivity index (χ3v) is 16.6. The van der Waals surface area contributed by atoms with Crippen LogP contribution in [-0.2, 0) is 17.9 Å². The second-order valence-electron chi connectivity index (χ2n) is 14.0. The molecule has 3 aromatic heterocycles. The molecule has 2 aliphatic rings. The van der Waals surface area contributed by atoms with Gasteiger partial charge in [0.25, 0.3) is 10.6 Å². The zero-order chi connectivity index (χ0) is 41.9. The van der Waals surface area contributed by atoms with Crippen molar-refractivity contribution in [1.82, 2.24) is 4.57 Å². The average molecular weight is 910 g/mol. The summed E-state index contributed by atoms with van der Waals surface area (Å²) in [6.45, 7) is 5.21. The predicted molar refractivity (Wildman–Crippen MR) is 251 cm³/mol. The van der Waals surface area contributed by atoms with Crippen molar-refractivity contribution in [3.63, 3.8) is 0 Å². The van der Waals surface area contributed by atoms with Gasteiger partial charge in [-0.25, -0.2) is 0 Å². The molecule has 0 bridgehead atoms. The van der Waals surface area contributed by atoms with Crippen molar-refractivity contribution >= 4 is 109 Å². The van der Waals surface area contributed by atoms with Crippen molar-refractivity contribution in [2.24, 2.45) is 0 Å². The van der Waals surface area contributed by atoms with E-state index in [0.717, 1.165) is 73.9 Å².